The lowest BCUT2D eigenvalue weighted by atomic mass is 10.2. The van der Waals surface area contributed by atoms with Gasteiger partial charge in [-0.1, -0.05) is 0 Å². The molecular formula is C9H13F3N4O. The Bertz CT molecular complexity index is 350. The van der Waals surface area contributed by atoms with E-state index in [4.69, 9.17) is 0 Å². The summed E-state index contributed by atoms with van der Waals surface area (Å²) in [5, 5.41) is 6.29. The van der Waals surface area contributed by atoms with Crippen LogP contribution in [0.3, 0.4) is 0 Å². The zero-order valence-corrected chi connectivity index (χ0v) is 9.24. The van der Waals surface area contributed by atoms with Gasteiger partial charge in [-0.15, -0.1) is 0 Å². The van der Waals surface area contributed by atoms with Gasteiger partial charge in [0.05, 0.1) is 13.0 Å². The molecule has 1 atom stereocenters. The minimum atomic E-state index is -4.30. The second-order valence-corrected chi connectivity index (χ2v) is 3.70. The second kappa shape index (κ2) is 5.65. The van der Waals surface area contributed by atoms with Crippen LogP contribution in [0.4, 0.5) is 13.2 Å². The van der Waals surface area contributed by atoms with Crippen molar-refractivity contribution in [3.8, 4) is 0 Å². The molecule has 0 bridgehead atoms. The van der Waals surface area contributed by atoms with Crippen LogP contribution in [0.15, 0.2) is 12.7 Å². The largest absolute Gasteiger partial charge is 0.389 e. The summed E-state index contributed by atoms with van der Waals surface area (Å²) in [5.41, 5.74) is 0. The fourth-order valence-electron chi connectivity index (χ4n) is 1.26. The van der Waals surface area contributed by atoms with Crippen LogP contribution in [-0.4, -0.2) is 32.9 Å². The van der Waals surface area contributed by atoms with Crippen molar-refractivity contribution in [2.75, 3.05) is 0 Å². The van der Waals surface area contributed by atoms with Gasteiger partial charge in [-0.25, -0.2) is 4.98 Å². The molecule has 1 heterocycles. The molecule has 0 aliphatic heterocycles. The first-order chi connectivity index (χ1) is 7.87. The molecule has 0 fully saturated rings. The number of rotatable bonds is 5. The molecule has 1 aromatic heterocycles. The van der Waals surface area contributed by atoms with Gasteiger partial charge < -0.3 is 5.32 Å². The topological polar surface area (TPSA) is 59.8 Å². The number of carbonyl (C=O) groups is 1. The SMILES string of the molecule is CC(Cn1cncn1)NC(=O)CCC(F)(F)F. The van der Waals surface area contributed by atoms with Crippen LogP contribution in [0.25, 0.3) is 0 Å². The monoisotopic (exact) mass is 250 g/mol. The Hall–Kier alpha value is -1.60. The molecule has 1 aromatic rings. The first-order valence-corrected chi connectivity index (χ1v) is 5.05. The van der Waals surface area contributed by atoms with E-state index in [0.29, 0.717) is 6.54 Å². The van der Waals surface area contributed by atoms with Crippen LogP contribution in [0, 0.1) is 0 Å². The van der Waals surface area contributed by atoms with Crippen molar-refractivity contribution in [2.45, 2.75) is 38.5 Å². The van der Waals surface area contributed by atoms with Crippen LogP contribution >= 0.6 is 0 Å². The number of hydrogen-bond donors (Lipinski definition) is 1. The number of nitrogens with zero attached hydrogens (tertiary/aromatic N) is 3. The van der Waals surface area contributed by atoms with E-state index in [9.17, 15) is 18.0 Å². The number of nitrogens with one attached hydrogen (secondary N) is 1. The van der Waals surface area contributed by atoms with Gasteiger partial charge in [0.15, 0.2) is 0 Å². The molecule has 0 radical (unpaired) electrons. The third-order valence-corrected chi connectivity index (χ3v) is 1.97. The number of hydrogen-bond acceptors (Lipinski definition) is 3. The van der Waals surface area contributed by atoms with E-state index < -0.39 is 24.9 Å². The van der Waals surface area contributed by atoms with Gasteiger partial charge in [0, 0.05) is 12.5 Å². The molecule has 96 valence electrons. The molecule has 0 aliphatic carbocycles. The maximum atomic E-state index is 11.9. The quantitative estimate of drug-likeness (QED) is 0.852. The molecule has 0 aromatic carbocycles. The van der Waals surface area contributed by atoms with Crippen LogP contribution in [0.1, 0.15) is 19.8 Å². The Kier molecular flexibility index (Phi) is 4.47. The third-order valence-electron chi connectivity index (χ3n) is 1.97. The predicted octanol–water partition coefficient (Wildman–Crippen LogP) is 1.13. The summed E-state index contributed by atoms with van der Waals surface area (Å²) in [4.78, 5) is 14.9. The van der Waals surface area contributed by atoms with Gasteiger partial charge >= 0.3 is 6.18 Å². The molecule has 0 saturated carbocycles. The standard InChI is InChI=1S/C9H13F3N4O/c1-7(4-16-6-13-5-14-16)15-8(17)2-3-9(10,11)12/h5-7H,2-4H2,1H3,(H,15,17). The fourth-order valence-corrected chi connectivity index (χ4v) is 1.26. The number of amides is 1. The number of carbonyl (C=O) groups excluding carboxylic acids is 1. The van der Waals surface area contributed by atoms with Gasteiger partial charge in [-0.2, -0.15) is 18.3 Å². The van der Waals surface area contributed by atoms with E-state index in [1.54, 1.807) is 6.92 Å². The highest BCUT2D eigenvalue weighted by molar-refractivity contribution is 5.76. The molecule has 8 heteroatoms. The predicted molar refractivity (Wildman–Crippen MR) is 52.9 cm³/mol. The highest BCUT2D eigenvalue weighted by atomic mass is 19.4. The lowest BCUT2D eigenvalue weighted by Gasteiger charge is -2.14. The zero-order chi connectivity index (χ0) is 12.9. The summed E-state index contributed by atoms with van der Waals surface area (Å²) in [6.07, 6.45) is -3.14. The highest BCUT2D eigenvalue weighted by Crippen LogP contribution is 2.20. The van der Waals surface area contributed by atoms with Crippen molar-refractivity contribution in [3.63, 3.8) is 0 Å². The van der Waals surface area contributed by atoms with E-state index in [1.165, 1.54) is 17.3 Å². The van der Waals surface area contributed by atoms with Crippen molar-refractivity contribution in [1.82, 2.24) is 20.1 Å². The summed E-state index contributed by atoms with van der Waals surface area (Å²) in [6, 6.07) is -0.294. The highest BCUT2D eigenvalue weighted by Gasteiger charge is 2.28. The number of halogens is 3. The van der Waals surface area contributed by atoms with Gasteiger partial charge in [0.1, 0.15) is 12.7 Å². The molecule has 17 heavy (non-hydrogen) atoms. The van der Waals surface area contributed by atoms with Crippen molar-refractivity contribution >= 4 is 5.91 Å². The van der Waals surface area contributed by atoms with Crippen LogP contribution in [0.5, 0.6) is 0 Å². The minimum absolute atomic E-state index is 0.294. The average molecular weight is 250 g/mol. The second-order valence-electron chi connectivity index (χ2n) is 3.70. The Labute approximate surface area is 96.0 Å². The first-order valence-electron chi connectivity index (χ1n) is 5.05. The summed E-state index contributed by atoms with van der Waals surface area (Å²) in [6.45, 7) is 2.06. The summed E-state index contributed by atoms with van der Waals surface area (Å²) in [7, 11) is 0. The van der Waals surface area contributed by atoms with Gasteiger partial charge in [0.25, 0.3) is 0 Å². The Morgan fingerprint density at radius 2 is 2.24 bits per heavy atom. The molecule has 0 saturated heterocycles. The van der Waals surface area contributed by atoms with Crippen molar-refractivity contribution in [1.29, 1.82) is 0 Å². The lowest BCUT2D eigenvalue weighted by molar-refractivity contribution is -0.144. The summed E-state index contributed by atoms with van der Waals surface area (Å²) in [5.74, 6) is -0.616. The van der Waals surface area contributed by atoms with E-state index in [2.05, 4.69) is 15.4 Å². The first kappa shape index (κ1) is 13.5. The summed E-state index contributed by atoms with van der Waals surface area (Å²) >= 11 is 0. The van der Waals surface area contributed by atoms with E-state index in [1.807, 2.05) is 0 Å². The normalized spacial score (nSPS) is 13.4. The molecule has 1 rings (SSSR count). The molecule has 5 nitrogen and oxygen atoms in total. The number of alkyl halides is 3. The Morgan fingerprint density at radius 1 is 1.53 bits per heavy atom. The van der Waals surface area contributed by atoms with Crippen LogP contribution in [0.2, 0.25) is 0 Å². The Balaban J connectivity index is 2.26. The van der Waals surface area contributed by atoms with E-state index in [0.717, 1.165) is 0 Å². The lowest BCUT2D eigenvalue weighted by Crippen LogP contribution is -2.36. The van der Waals surface area contributed by atoms with Crippen molar-refractivity contribution in [2.24, 2.45) is 0 Å². The molecule has 0 aliphatic rings. The van der Waals surface area contributed by atoms with Crippen molar-refractivity contribution < 1.29 is 18.0 Å². The Morgan fingerprint density at radius 3 is 2.76 bits per heavy atom. The van der Waals surface area contributed by atoms with Gasteiger partial charge in [-0.3, -0.25) is 9.48 Å². The molecular weight excluding hydrogens is 237 g/mol. The van der Waals surface area contributed by atoms with Crippen LogP contribution < -0.4 is 5.32 Å². The van der Waals surface area contributed by atoms with Crippen molar-refractivity contribution in [3.05, 3.63) is 12.7 Å². The fraction of sp³-hybridized carbons (Fsp3) is 0.667. The molecule has 1 amide bonds. The van der Waals surface area contributed by atoms with Crippen LogP contribution in [-0.2, 0) is 11.3 Å². The number of aromatic nitrogens is 3. The molecule has 1 N–H and O–H groups in total. The van der Waals surface area contributed by atoms with E-state index >= 15 is 0 Å². The average Bonchev–Trinajstić information content (AvgIpc) is 2.66. The van der Waals surface area contributed by atoms with E-state index in [-0.39, 0.29) is 6.04 Å². The third kappa shape index (κ3) is 5.88. The smallest absolute Gasteiger partial charge is 0.352 e. The van der Waals surface area contributed by atoms with Gasteiger partial charge in [0.2, 0.25) is 5.91 Å². The maximum absolute atomic E-state index is 11.9. The zero-order valence-electron chi connectivity index (χ0n) is 9.24. The summed E-state index contributed by atoms with van der Waals surface area (Å²) < 4.78 is 37.1. The maximum Gasteiger partial charge on any atom is 0.389 e. The minimum Gasteiger partial charge on any atom is -0.352 e. The molecule has 0 spiro atoms. The molecule has 1 unspecified atom stereocenters. The van der Waals surface area contributed by atoms with Gasteiger partial charge in [-0.05, 0) is 6.92 Å².